The van der Waals surface area contributed by atoms with E-state index in [1.807, 2.05) is 13.0 Å². The first-order chi connectivity index (χ1) is 9.00. The van der Waals surface area contributed by atoms with Gasteiger partial charge in [0.15, 0.2) is 0 Å². The number of anilines is 1. The first-order valence-electron chi connectivity index (χ1n) is 5.51. The van der Waals surface area contributed by atoms with Crippen LogP contribution in [0.4, 0.5) is 14.5 Å². The molecule has 2 nitrogen and oxygen atoms in total. The van der Waals surface area contributed by atoms with Crippen molar-refractivity contribution >= 4 is 34.2 Å². The summed E-state index contributed by atoms with van der Waals surface area (Å²) in [4.78, 5) is 11.9. The van der Waals surface area contributed by atoms with Gasteiger partial charge in [-0.2, -0.15) is 0 Å². The van der Waals surface area contributed by atoms with Gasteiger partial charge in [0, 0.05) is 9.26 Å². The van der Waals surface area contributed by atoms with Crippen molar-refractivity contribution in [2.45, 2.75) is 6.92 Å². The Bertz CT molecular complexity index is 623. The van der Waals surface area contributed by atoms with Crippen LogP contribution in [0, 0.1) is 22.1 Å². The molecule has 0 spiro atoms. The van der Waals surface area contributed by atoms with Crippen molar-refractivity contribution in [1.29, 1.82) is 0 Å². The molecule has 1 N–H and O–H groups in total. The second kappa shape index (κ2) is 5.64. The molecule has 98 valence electrons. The largest absolute Gasteiger partial charge is 0.322 e. The van der Waals surface area contributed by atoms with Gasteiger partial charge in [-0.25, -0.2) is 8.78 Å². The average Bonchev–Trinajstić information content (AvgIpc) is 2.35. The number of carbonyl (C=O) groups is 1. The van der Waals surface area contributed by atoms with Crippen LogP contribution < -0.4 is 5.32 Å². The molecule has 0 aromatic heterocycles. The quantitative estimate of drug-likeness (QED) is 0.789. The second-order valence-corrected chi connectivity index (χ2v) is 5.13. The summed E-state index contributed by atoms with van der Waals surface area (Å²) in [6.45, 7) is 1.83. The van der Waals surface area contributed by atoms with Crippen molar-refractivity contribution in [3.63, 3.8) is 0 Å². The van der Waals surface area contributed by atoms with Crippen molar-refractivity contribution in [2.24, 2.45) is 0 Å². The number of halogens is 3. The Morgan fingerprint density at radius 2 is 1.68 bits per heavy atom. The summed E-state index contributed by atoms with van der Waals surface area (Å²) in [6, 6.07) is 8.67. The zero-order valence-electron chi connectivity index (χ0n) is 10.0. The van der Waals surface area contributed by atoms with E-state index in [0.717, 1.165) is 21.3 Å². The van der Waals surface area contributed by atoms with Crippen LogP contribution >= 0.6 is 22.6 Å². The molecule has 0 aliphatic carbocycles. The van der Waals surface area contributed by atoms with Gasteiger partial charge in [-0.15, -0.1) is 0 Å². The topological polar surface area (TPSA) is 29.1 Å². The highest BCUT2D eigenvalue weighted by Gasteiger charge is 2.17. The van der Waals surface area contributed by atoms with E-state index >= 15 is 0 Å². The molecule has 1 amide bonds. The maximum Gasteiger partial charge on any atom is 0.261 e. The highest BCUT2D eigenvalue weighted by Crippen LogP contribution is 2.22. The molecule has 0 saturated heterocycles. The van der Waals surface area contributed by atoms with Gasteiger partial charge in [-0.1, -0.05) is 12.1 Å². The minimum atomic E-state index is -0.874. The summed E-state index contributed by atoms with van der Waals surface area (Å²) in [6.07, 6.45) is 0. The number of rotatable bonds is 2. The molecule has 2 aromatic carbocycles. The van der Waals surface area contributed by atoms with Crippen LogP contribution in [0.25, 0.3) is 0 Å². The predicted octanol–water partition coefficient (Wildman–Crippen LogP) is 4.13. The van der Waals surface area contributed by atoms with E-state index in [9.17, 15) is 13.6 Å². The molecule has 0 bridgehead atoms. The fourth-order valence-corrected chi connectivity index (χ4v) is 2.14. The summed E-state index contributed by atoms with van der Waals surface area (Å²) >= 11 is 2.13. The Balaban J connectivity index is 2.34. The lowest BCUT2D eigenvalue weighted by Crippen LogP contribution is -2.16. The van der Waals surface area contributed by atoms with Crippen LogP contribution in [0.15, 0.2) is 36.4 Å². The van der Waals surface area contributed by atoms with E-state index in [-0.39, 0.29) is 0 Å². The van der Waals surface area contributed by atoms with E-state index in [2.05, 4.69) is 27.9 Å². The maximum absolute atomic E-state index is 13.5. The molecule has 19 heavy (non-hydrogen) atoms. The molecule has 0 fully saturated rings. The van der Waals surface area contributed by atoms with E-state index in [0.29, 0.717) is 5.69 Å². The fraction of sp³-hybridized carbons (Fsp3) is 0.0714. The first kappa shape index (κ1) is 13.9. The molecule has 5 heteroatoms. The highest BCUT2D eigenvalue weighted by molar-refractivity contribution is 14.1. The zero-order valence-corrected chi connectivity index (χ0v) is 12.2. The van der Waals surface area contributed by atoms with Gasteiger partial charge in [0.25, 0.3) is 5.91 Å². The third-order valence-corrected chi connectivity index (χ3v) is 3.87. The Hall–Kier alpha value is -1.50. The van der Waals surface area contributed by atoms with Gasteiger partial charge in [0.1, 0.15) is 17.2 Å². The molecule has 0 saturated carbocycles. The van der Waals surface area contributed by atoms with Gasteiger partial charge in [-0.05, 0) is 59.3 Å². The van der Waals surface area contributed by atoms with Crippen molar-refractivity contribution < 1.29 is 13.6 Å². The summed E-state index contributed by atoms with van der Waals surface area (Å²) in [7, 11) is 0. The molecule has 0 aliphatic heterocycles. The van der Waals surface area contributed by atoms with E-state index < -0.39 is 23.1 Å². The minimum absolute atomic E-state index is 0.541. The number of benzene rings is 2. The van der Waals surface area contributed by atoms with Gasteiger partial charge in [-0.3, -0.25) is 4.79 Å². The number of amides is 1. The Labute approximate surface area is 123 Å². The molecule has 0 atom stereocenters. The highest BCUT2D eigenvalue weighted by atomic mass is 127. The Morgan fingerprint density at radius 1 is 1.11 bits per heavy atom. The molecular formula is C14H10F2INO. The third kappa shape index (κ3) is 2.91. The lowest BCUT2D eigenvalue weighted by molar-refractivity contribution is 0.101. The number of carbonyl (C=O) groups excluding carboxylic acids is 1. The first-order valence-corrected chi connectivity index (χ1v) is 6.59. The van der Waals surface area contributed by atoms with Crippen molar-refractivity contribution in [3.05, 3.63) is 62.7 Å². The van der Waals surface area contributed by atoms with Crippen molar-refractivity contribution in [2.75, 3.05) is 5.32 Å². The second-order valence-electron chi connectivity index (χ2n) is 3.96. The van der Waals surface area contributed by atoms with E-state index in [1.54, 1.807) is 12.1 Å². The maximum atomic E-state index is 13.5. The van der Waals surface area contributed by atoms with Crippen LogP contribution in [-0.2, 0) is 0 Å². The van der Waals surface area contributed by atoms with Crippen LogP contribution in [0.2, 0.25) is 0 Å². The minimum Gasteiger partial charge on any atom is -0.322 e. The van der Waals surface area contributed by atoms with Gasteiger partial charge in [0.2, 0.25) is 0 Å². The third-order valence-electron chi connectivity index (χ3n) is 2.71. The molecule has 0 radical (unpaired) electrons. The lowest BCUT2D eigenvalue weighted by Gasteiger charge is -2.10. The summed E-state index contributed by atoms with van der Waals surface area (Å²) in [5.41, 5.74) is 0.827. The molecule has 0 aliphatic rings. The van der Waals surface area contributed by atoms with E-state index in [4.69, 9.17) is 0 Å². The summed E-state index contributed by atoms with van der Waals surface area (Å²) in [5.74, 6) is -2.54. The van der Waals surface area contributed by atoms with Crippen LogP contribution in [-0.4, -0.2) is 5.91 Å². The fourth-order valence-electron chi connectivity index (χ4n) is 1.64. The molecule has 0 heterocycles. The van der Waals surface area contributed by atoms with E-state index in [1.165, 1.54) is 6.07 Å². The summed E-state index contributed by atoms with van der Waals surface area (Å²) in [5, 5.41) is 2.53. The zero-order chi connectivity index (χ0) is 14.0. The normalized spacial score (nSPS) is 10.3. The molecule has 0 unspecified atom stereocenters. The number of hydrogen-bond acceptors (Lipinski definition) is 1. The van der Waals surface area contributed by atoms with Crippen molar-refractivity contribution in [3.8, 4) is 0 Å². The Kier molecular flexibility index (Phi) is 4.14. The smallest absolute Gasteiger partial charge is 0.261 e. The van der Waals surface area contributed by atoms with Gasteiger partial charge >= 0.3 is 0 Å². The molecule has 2 aromatic rings. The number of nitrogens with one attached hydrogen (secondary N) is 1. The lowest BCUT2D eigenvalue weighted by atomic mass is 10.1. The van der Waals surface area contributed by atoms with Gasteiger partial charge < -0.3 is 5.32 Å². The Morgan fingerprint density at radius 3 is 2.32 bits per heavy atom. The SMILES string of the molecule is Cc1c(I)cccc1NC(=O)c1c(F)cccc1F. The standard InChI is InChI=1S/C14H10F2INO/c1-8-11(17)6-3-7-12(8)18-14(19)13-9(15)4-2-5-10(13)16/h2-7H,1H3,(H,18,19). The molecule has 2 rings (SSSR count). The average molecular weight is 373 g/mol. The number of hydrogen-bond donors (Lipinski definition) is 1. The monoisotopic (exact) mass is 373 g/mol. The predicted molar refractivity (Wildman–Crippen MR) is 78.2 cm³/mol. The van der Waals surface area contributed by atoms with Gasteiger partial charge in [0.05, 0.1) is 0 Å². The van der Waals surface area contributed by atoms with Crippen LogP contribution in [0.1, 0.15) is 15.9 Å². The molecular weight excluding hydrogens is 363 g/mol. The van der Waals surface area contributed by atoms with Crippen LogP contribution in [0.3, 0.4) is 0 Å². The van der Waals surface area contributed by atoms with Crippen molar-refractivity contribution in [1.82, 2.24) is 0 Å². The van der Waals surface area contributed by atoms with Crippen LogP contribution in [0.5, 0.6) is 0 Å². The summed E-state index contributed by atoms with van der Waals surface area (Å²) < 4.78 is 27.9.